The van der Waals surface area contributed by atoms with Crippen molar-refractivity contribution < 1.29 is 13.2 Å². The Balaban J connectivity index is 2.36. The van der Waals surface area contributed by atoms with Crippen LogP contribution in [0.5, 0.6) is 0 Å². The van der Waals surface area contributed by atoms with Gasteiger partial charge in [0.15, 0.2) is 5.82 Å². The molecule has 4 nitrogen and oxygen atoms in total. The van der Waals surface area contributed by atoms with Crippen molar-refractivity contribution in [2.45, 2.75) is 13.1 Å². The highest BCUT2D eigenvalue weighted by atomic mass is 32.1. The van der Waals surface area contributed by atoms with E-state index in [-0.39, 0.29) is 11.5 Å². The lowest BCUT2D eigenvalue weighted by molar-refractivity contribution is -0.0583. The second-order valence-electron chi connectivity index (χ2n) is 4.21. The molecule has 8 heteroatoms. The van der Waals surface area contributed by atoms with E-state index in [9.17, 15) is 13.2 Å². The Bertz CT molecular complexity index is 703. The summed E-state index contributed by atoms with van der Waals surface area (Å²) in [6.07, 6.45) is -2.80. The predicted molar refractivity (Wildman–Crippen MR) is 76.0 cm³/mol. The van der Waals surface area contributed by atoms with Crippen molar-refractivity contribution in [3.8, 4) is 10.6 Å². The molecule has 0 aliphatic carbocycles. The normalized spacial score (nSPS) is 12.5. The van der Waals surface area contributed by atoms with E-state index >= 15 is 0 Å². The number of thiophene rings is 1. The summed E-state index contributed by atoms with van der Waals surface area (Å²) in [5.74, 6) is -0.0331. The largest absolute Gasteiger partial charge is 0.432 e. The van der Waals surface area contributed by atoms with Crippen LogP contribution < -0.4 is 5.73 Å². The van der Waals surface area contributed by atoms with Crippen molar-refractivity contribution >= 4 is 22.7 Å². The Hall–Kier alpha value is -2.22. The van der Waals surface area contributed by atoms with Crippen molar-refractivity contribution in [2.75, 3.05) is 0 Å². The van der Waals surface area contributed by atoms with Gasteiger partial charge >= 0.3 is 6.18 Å². The number of alkyl halides is 3. The van der Waals surface area contributed by atoms with E-state index in [2.05, 4.69) is 9.97 Å². The molecule has 0 saturated carbocycles. The second kappa shape index (κ2) is 5.65. The summed E-state index contributed by atoms with van der Waals surface area (Å²) in [4.78, 5) is 8.90. The number of hydrogen-bond acceptors (Lipinski definition) is 5. The van der Waals surface area contributed by atoms with Crippen LogP contribution in [0.15, 0.2) is 29.8 Å². The average molecular weight is 312 g/mol. The van der Waals surface area contributed by atoms with Crippen LogP contribution in [0.2, 0.25) is 0 Å². The fraction of sp³-hybridized carbons (Fsp3) is 0.154. The Labute approximate surface area is 122 Å². The van der Waals surface area contributed by atoms with Gasteiger partial charge in [-0.2, -0.15) is 13.2 Å². The number of nitrogens with zero attached hydrogens (tertiary/aromatic N) is 2. The summed E-state index contributed by atoms with van der Waals surface area (Å²) < 4.78 is 37.0. The first kappa shape index (κ1) is 15.2. The zero-order chi connectivity index (χ0) is 15.6. The van der Waals surface area contributed by atoms with Gasteiger partial charge in [-0.3, -0.25) is 5.41 Å². The molecule has 0 aliphatic rings. The smallest absolute Gasteiger partial charge is 0.396 e. The molecule has 0 unspecified atom stereocenters. The first-order valence-corrected chi connectivity index (χ1v) is 6.68. The number of rotatable bonds is 3. The molecule has 0 fully saturated rings. The highest BCUT2D eigenvalue weighted by Gasteiger charge is 2.33. The van der Waals surface area contributed by atoms with E-state index < -0.39 is 11.9 Å². The number of allylic oxidation sites excluding steroid dienone is 1. The molecule has 2 rings (SSSR count). The van der Waals surface area contributed by atoms with E-state index in [1.165, 1.54) is 17.5 Å². The molecule has 0 aromatic carbocycles. The highest BCUT2D eigenvalue weighted by Crippen LogP contribution is 2.27. The third-order valence-corrected chi connectivity index (χ3v) is 3.65. The van der Waals surface area contributed by atoms with Crippen molar-refractivity contribution in [1.82, 2.24) is 9.97 Å². The Kier molecular flexibility index (Phi) is 4.08. The van der Waals surface area contributed by atoms with E-state index in [1.807, 2.05) is 18.4 Å². The standard InChI is InChI=1S/C13H11F3N4S/c1-7-3-5-21-11(7)9-2-4-19-12(20-9)8(17)6-10(18)13(14,15)16/h2-6,18H,17H2,1H3/b8-6-,18-10?. The maximum Gasteiger partial charge on any atom is 0.432 e. The van der Waals surface area contributed by atoms with Gasteiger partial charge in [0, 0.05) is 6.20 Å². The molecule has 2 heterocycles. The monoisotopic (exact) mass is 312 g/mol. The topological polar surface area (TPSA) is 75.7 Å². The number of hydrogen-bond donors (Lipinski definition) is 2. The molecule has 2 aromatic heterocycles. The van der Waals surface area contributed by atoms with Gasteiger partial charge in [0.2, 0.25) is 0 Å². The molecule has 3 N–H and O–H groups in total. The van der Waals surface area contributed by atoms with Crippen LogP contribution in [-0.2, 0) is 0 Å². The Morgan fingerprint density at radius 1 is 1.38 bits per heavy atom. The molecule has 2 aromatic rings. The Morgan fingerprint density at radius 3 is 2.67 bits per heavy atom. The molecule has 0 radical (unpaired) electrons. The molecular formula is C13H11F3N4S. The van der Waals surface area contributed by atoms with Crippen LogP contribution in [-0.4, -0.2) is 21.9 Å². The van der Waals surface area contributed by atoms with Gasteiger partial charge < -0.3 is 5.73 Å². The van der Waals surface area contributed by atoms with Crippen LogP contribution >= 0.6 is 11.3 Å². The number of halogens is 3. The van der Waals surface area contributed by atoms with Gasteiger partial charge in [-0.05, 0) is 36.1 Å². The van der Waals surface area contributed by atoms with E-state index in [0.29, 0.717) is 11.8 Å². The number of aryl methyl sites for hydroxylation is 1. The van der Waals surface area contributed by atoms with E-state index in [0.717, 1.165) is 10.4 Å². The third-order valence-electron chi connectivity index (χ3n) is 2.61. The lowest BCUT2D eigenvalue weighted by atomic mass is 10.2. The lowest BCUT2D eigenvalue weighted by Gasteiger charge is -2.06. The van der Waals surface area contributed by atoms with Gasteiger partial charge in [-0.15, -0.1) is 11.3 Å². The zero-order valence-electron chi connectivity index (χ0n) is 10.9. The number of nitrogens with two attached hydrogens (primary N) is 1. The SMILES string of the molecule is Cc1ccsc1-c1ccnc(/C(N)=C/C(=N)C(F)(F)F)n1. The zero-order valence-corrected chi connectivity index (χ0v) is 11.7. The van der Waals surface area contributed by atoms with Crippen molar-refractivity contribution in [2.24, 2.45) is 5.73 Å². The second-order valence-corrected chi connectivity index (χ2v) is 5.13. The molecule has 0 spiro atoms. The first-order chi connectivity index (χ1) is 9.79. The van der Waals surface area contributed by atoms with E-state index in [1.54, 1.807) is 6.07 Å². The third kappa shape index (κ3) is 3.46. The molecule has 0 saturated heterocycles. The lowest BCUT2D eigenvalue weighted by Crippen LogP contribution is -2.21. The minimum absolute atomic E-state index is 0.0331. The molecule has 0 atom stereocenters. The summed E-state index contributed by atoms with van der Waals surface area (Å²) in [5, 5.41) is 8.81. The molecular weight excluding hydrogens is 301 g/mol. The molecule has 0 amide bonds. The van der Waals surface area contributed by atoms with E-state index in [4.69, 9.17) is 11.1 Å². The molecule has 110 valence electrons. The van der Waals surface area contributed by atoms with Crippen molar-refractivity contribution in [3.05, 3.63) is 41.2 Å². The summed E-state index contributed by atoms with van der Waals surface area (Å²) in [7, 11) is 0. The highest BCUT2D eigenvalue weighted by molar-refractivity contribution is 7.13. The maximum atomic E-state index is 12.3. The average Bonchev–Trinajstić information content (AvgIpc) is 2.84. The fourth-order valence-electron chi connectivity index (χ4n) is 1.56. The van der Waals surface area contributed by atoms with Gasteiger partial charge in [-0.1, -0.05) is 0 Å². The molecule has 21 heavy (non-hydrogen) atoms. The molecule has 0 bridgehead atoms. The van der Waals surface area contributed by atoms with Crippen LogP contribution in [0, 0.1) is 12.3 Å². The molecule has 0 aliphatic heterocycles. The fourth-order valence-corrected chi connectivity index (χ4v) is 2.46. The minimum Gasteiger partial charge on any atom is -0.396 e. The minimum atomic E-state index is -4.74. The number of aromatic nitrogens is 2. The van der Waals surface area contributed by atoms with Crippen LogP contribution in [0.25, 0.3) is 16.3 Å². The van der Waals surface area contributed by atoms with Crippen LogP contribution in [0.1, 0.15) is 11.4 Å². The summed E-state index contributed by atoms with van der Waals surface area (Å²) >= 11 is 1.47. The maximum absolute atomic E-state index is 12.3. The Morgan fingerprint density at radius 2 is 2.10 bits per heavy atom. The predicted octanol–water partition coefficient (Wildman–Crippen LogP) is 3.40. The summed E-state index contributed by atoms with van der Waals surface area (Å²) in [5.41, 5.74) is 5.31. The van der Waals surface area contributed by atoms with Gasteiger partial charge in [0.1, 0.15) is 5.71 Å². The van der Waals surface area contributed by atoms with Crippen LogP contribution in [0.4, 0.5) is 13.2 Å². The summed E-state index contributed by atoms with van der Waals surface area (Å²) in [6, 6.07) is 3.57. The van der Waals surface area contributed by atoms with Crippen LogP contribution in [0.3, 0.4) is 0 Å². The van der Waals surface area contributed by atoms with Gasteiger partial charge in [0.05, 0.1) is 16.3 Å². The van der Waals surface area contributed by atoms with Crippen molar-refractivity contribution in [1.29, 1.82) is 5.41 Å². The quantitative estimate of drug-likeness (QED) is 0.853. The van der Waals surface area contributed by atoms with Gasteiger partial charge in [-0.25, -0.2) is 9.97 Å². The van der Waals surface area contributed by atoms with Crippen molar-refractivity contribution in [3.63, 3.8) is 0 Å². The van der Waals surface area contributed by atoms with Gasteiger partial charge in [0.25, 0.3) is 0 Å². The first-order valence-electron chi connectivity index (χ1n) is 5.80. The summed E-state index contributed by atoms with van der Waals surface area (Å²) in [6.45, 7) is 1.91. The number of nitrogens with one attached hydrogen (secondary N) is 1.